The molecule has 0 spiro atoms. The van der Waals surface area contributed by atoms with Gasteiger partial charge in [-0.1, -0.05) is 0 Å². The number of hydrogen-bond donors (Lipinski definition) is 1. The normalized spacial score (nSPS) is 17.9. The number of anilines is 1. The average molecular weight is 368 g/mol. The van der Waals surface area contributed by atoms with Crippen molar-refractivity contribution in [2.45, 2.75) is 25.8 Å². The van der Waals surface area contributed by atoms with Crippen LogP contribution < -0.4 is 5.32 Å². The van der Waals surface area contributed by atoms with E-state index in [1.54, 1.807) is 15.6 Å². The first-order valence-electron chi connectivity index (χ1n) is 7.36. The molecular weight excluding hydrogens is 350 g/mol. The highest BCUT2D eigenvalue weighted by Gasteiger charge is 2.29. The van der Waals surface area contributed by atoms with E-state index in [2.05, 4.69) is 31.3 Å². The Hall–Kier alpha value is -1.83. The van der Waals surface area contributed by atoms with Gasteiger partial charge in [-0.25, -0.2) is 14.3 Å². The molecule has 0 aliphatic carbocycles. The Balaban J connectivity index is 1.65. The first-order valence-corrected chi connectivity index (χ1v) is 8.16. The van der Waals surface area contributed by atoms with Crippen molar-refractivity contribution in [3.63, 3.8) is 0 Å². The molecule has 22 heavy (non-hydrogen) atoms. The lowest BCUT2D eigenvalue weighted by Crippen LogP contribution is -2.40. The molecule has 8 heteroatoms. The molecule has 1 aliphatic heterocycles. The van der Waals surface area contributed by atoms with E-state index in [1.807, 2.05) is 19.1 Å². The van der Waals surface area contributed by atoms with Gasteiger partial charge in [0.25, 0.3) is 0 Å². The summed E-state index contributed by atoms with van der Waals surface area (Å²) in [5.74, 6) is 0.752. The van der Waals surface area contributed by atoms with Crippen LogP contribution in [0.1, 0.15) is 19.8 Å². The van der Waals surface area contributed by atoms with E-state index in [4.69, 9.17) is 4.74 Å². The van der Waals surface area contributed by atoms with Crippen LogP contribution in [0.15, 0.2) is 22.9 Å². The highest BCUT2D eigenvalue weighted by atomic mass is 79.9. The van der Waals surface area contributed by atoms with Crippen LogP contribution in [0.3, 0.4) is 0 Å². The molecular formula is C14H18BrN5O2. The minimum atomic E-state index is -0.229. The van der Waals surface area contributed by atoms with Crippen molar-refractivity contribution in [3.8, 4) is 0 Å². The van der Waals surface area contributed by atoms with E-state index in [0.29, 0.717) is 13.2 Å². The zero-order valence-corrected chi connectivity index (χ0v) is 13.9. The summed E-state index contributed by atoms with van der Waals surface area (Å²) in [7, 11) is 0. The Morgan fingerprint density at radius 3 is 3.23 bits per heavy atom. The number of fused-ring (bicyclic) bond motifs is 1. The molecule has 0 bridgehead atoms. The largest absolute Gasteiger partial charge is 0.450 e. The zero-order valence-electron chi connectivity index (χ0n) is 12.3. The van der Waals surface area contributed by atoms with Gasteiger partial charge in [-0.05, 0) is 47.8 Å². The van der Waals surface area contributed by atoms with Crippen LogP contribution in [0.25, 0.3) is 5.65 Å². The Morgan fingerprint density at radius 1 is 1.55 bits per heavy atom. The van der Waals surface area contributed by atoms with Crippen LogP contribution in [0.2, 0.25) is 0 Å². The number of carbonyl (C=O) groups excluding carboxylic acids is 1. The van der Waals surface area contributed by atoms with E-state index < -0.39 is 0 Å². The summed E-state index contributed by atoms with van der Waals surface area (Å²) in [4.78, 5) is 17.9. The second-order valence-corrected chi connectivity index (χ2v) is 5.95. The lowest BCUT2D eigenvalue weighted by Gasteiger charge is -2.24. The van der Waals surface area contributed by atoms with Gasteiger partial charge in [0.2, 0.25) is 0 Å². The number of imidazole rings is 1. The van der Waals surface area contributed by atoms with E-state index in [9.17, 15) is 4.79 Å². The quantitative estimate of drug-likeness (QED) is 0.898. The molecule has 3 heterocycles. The number of ether oxygens (including phenoxy) is 1. The van der Waals surface area contributed by atoms with E-state index in [0.717, 1.165) is 35.5 Å². The van der Waals surface area contributed by atoms with Gasteiger partial charge < -0.3 is 15.0 Å². The first kappa shape index (κ1) is 15.1. The van der Waals surface area contributed by atoms with Crippen LogP contribution in [-0.4, -0.2) is 51.3 Å². The summed E-state index contributed by atoms with van der Waals surface area (Å²) < 4.78 is 7.62. The van der Waals surface area contributed by atoms with Crippen molar-refractivity contribution < 1.29 is 9.53 Å². The minimum absolute atomic E-state index is 0.141. The lowest BCUT2D eigenvalue weighted by molar-refractivity contribution is 0.104. The number of nitrogens with zero attached hydrogens (tertiary/aromatic N) is 4. The molecule has 0 aromatic carbocycles. The monoisotopic (exact) mass is 367 g/mol. The summed E-state index contributed by atoms with van der Waals surface area (Å²) in [5.41, 5.74) is 0.784. The Kier molecular flexibility index (Phi) is 4.47. The predicted octanol–water partition coefficient (Wildman–Crippen LogP) is 2.52. The van der Waals surface area contributed by atoms with Gasteiger partial charge in [-0.3, -0.25) is 0 Å². The fraction of sp³-hybridized carbons (Fsp3) is 0.500. The zero-order chi connectivity index (χ0) is 15.5. The van der Waals surface area contributed by atoms with Gasteiger partial charge in [-0.2, -0.15) is 0 Å². The Bertz CT molecular complexity index is 674. The molecule has 2 aromatic rings. The van der Waals surface area contributed by atoms with Crippen molar-refractivity contribution in [2.24, 2.45) is 0 Å². The molecule has 0 unspecified atom stereocenters. The number of rotatable bonds is 4. The number of nitrogens with one attached hydrogen (secondary N) is 1. The summed E-state index contributed by atoms with van der Waals surface area (Å²) >= 11 is 3.41. The van der Waals surface area contributed by atoms with Gasteiger partial charge in [0.15, 0.2) is 5.65 Å². The number of amides is 1. The third-order valence-corrected chi connectivity index (χ3v) is 4.26. The van der Waals surface area contributed by atoms with Crippen LogP contribution in [0, 0.1) is 0 Å². The van der Waals surface area contributed by atoms with Crippen molar-refractivity contribution >= 4 is 33.5 Å². The van der Waals surface area contributed by atoms with E-state index in [1.165, 1.54) is 0 Å². The smallest absolute Gasteiger partial charge is 0.410 e. The van der Waals surface area contributed by atoms with E-state index >= 15 is 0 Å². The maximum absolute atomic E-state index is 11.9. The molecule has 1 N–H and O–H groups in total. The standard InChI is InChI=1S/C14H18BrN5O2/c1-2-22-14(21)19-7-3-4-10(19)8-16-12-5-6-13-17-9-11(15)20(13)18-12/h5-6,9-10H,2-4,7-8H2,1H3,(H,16,18)/t10-/m0/s1. The summed E-state index contributed by atoms with van der Waals surface area (Å²) in [6.07, 6.45) is 3.46. The number of aromatic nitrogens is 3. The van der Waals surface area contributed by atoms with Gasteiger partial charge in [0.05, 0.1) is 18.8 Å². The topological polar surface area (TPSA) is 71.8 Å². The lowest BCUT2D eigenvalue weighted by atomic mass is 10.2. The van der Waals surface area contributed by atoms with Crippen molar-refractivity contribution in [3.05, 3.63) is 22.9 Å². The van der Waals surface area contributed by atoms with Crippen LogP contribution in [-0.2, 0) is 4.74 Å². The number of likely N-dealkylation sites (tertiary alicyclic amines) is 1. The fourth-order valence-electron chi connectivity index (χ4n) is 2.66. The number of hydrogen-bond acceptors (Lipinski definition) is 5. The molecule has 2 aromatic heterocycles. The predicted molar refractivity (Wildman–Crippen MR) is 85.9 cm³/mol. The molecule has 1 aliphatic rings. The summed E-state index contributed by atoms with van der Waals surface area (Å²) in [6.45, 7) is 3.64. The molecule has 0 radical (unpaired) electrons. The van der Waals surface area contributed by atoms with Crippen molar-refractivity contribution in [1.29, 1.82) is 0 Å². The van der Waals surface area contributed by atoms with Crippen LogP contribution in [0.4, 0.5) is 10.6 Å². The SMILES string of the molecule is CCOC(=O)N1CCC[C@H]1CNc1ccc2ncc(Br)n2n1. The molecule has 3 rings (SSSR count). The number of halogens is 1. The molecule has 1 fully saturated rings. The Labute approximate surface area is 136 Å². The van der Waals surface area contributed by atoms with E-state index in [-0.39, 0.29) is 12.1 Å². The molecule has 1 amide bonds. The molecule has 118 valence electrons. The summed E-state index contributed by atoms with van der Waals surface area (Å²) in [6, 6.07) is 3.93. The van der Waals surface area contributed by atoms with Crippen molar-refractivity contribution in [2.75, 3.05) is 25.0 Å². The second kappa shape index (κ2) is 6.51. The number of carbonyl (C=O) groups is 1. The third kappa shape index (κ3) is 3.01. The van der Waals surface area contributed by atoms with Crippen LogP contribution in [0.5, 0.6) is 0 Å². The van der Waals surface area contributed by atoms with Gasteiger partial charge in [0.1, 0.15) is 10.4 Å². The second-order valence-electron chi connectivity index (χ2n) is 5.14. The first-order chi connectivity index (χ1) is 10.7. The highest BCUT2D eigenvalue weighted by molar-refractivity contribution is 9.10. The van der Waals surface area contributed by atoms with Gasteiger partial charge >= 0.3 is 6.09 Å². The average Bonchev–Trinajstić information content (AvgIpc) is 3.13. The highest BCUT2D eigenvalue weighted by Crippen LogP contribution is 2.19. The minimum Gasteiger partial charge on any atom is -0.450 e. The molecule has 1 saturated heterocycles. The van der Waals surface area contributed by atoms with Gasteiger partial charge in [0, 0.05) is 13.1 Å². The maximum atomic E-state index is 11.9. The summed E-state index contributed by atoms with van der Waals surface area (Å²) in [5, 5.41) is 7.76. The molecule has 7 nitrogen and oxygen atoms in total. The van der Waals surface area contributed by atoms with Crippen molar-refractivity contribution in [1.82, 2.24) is 19.5 Å². The molecule has 0 saturated carbocycles. The maximum Gasteiger partial charge on any atom is 0.410 e. The fourth-order valence-corrected chi connectivity index (χ4v) is 3.02. The third-order valence-electron chi connectivity index (χ3n) is 3.72. The molecule has 1 atom stereocenters. The Morgan fingerprint density at radius 2 is 2.41 bits per heavy atom. The van der Waals surface area contributed by atoms with Crippen LogP contribution >= 0.6 is 15.9 Å². The van der Waals surface area contributed by atoms with Gasteiger partial charge in [-0.15, -0.1) is 5.10 Å².